The Kier molecular flexibility index (Phi) is 6.59. The summed E-state index contributed by atoms with van der Waals surface area (Å²) < 4.78 is 33.3. The molecule has 8 heteroatoms. The van der Waals surface area contributed by atoms with Crippen molar-refractivity contribution in [3.63, 3.8) is 0 Å². The number of carbonyl (C=O) groups is 1. The summed E-state index contributed by atoms with van der Waals surface area (Å²) in [5.74, 6) is 0.569. The van der Waals surface area contributed by atoms with Crippen LogP contribution >= 0.6 is 11.6 Å². The Morgan fingerprint density at radius 1 is 1.11 bits per heavy atom. The molecule has 1 aliphatic heterocycles. The van der Waals surface area contributed by atoms with Crippen molar-refractivity contribution >= 4 is 27.5 Å². The fourth-order valence-corrected chi connectivity index (χ4v) is 4.58. The maximum absolute atomic E-state index is 12.6. The number of hydrogen-bond acceptors (Lipinski definition) is 4. The minimum Gasteiger partial charge on any atom is -0.494 e. The number of benzene rings is 2. The number of halogens is 1. The maximum Gasteiger partial charge on any atom is 0.253 e. The average Bonchev–Trinajstić information content (AvgIpc) is 2.69. The smallest absolute Gasteiger partial charge is 0.253 e. The third-order valence-electron chi connectivity index (χ3n) is 4.64. The van der Waals surface area contributed by atoms with Gasteiger partial charge in [-0.1, -0.05) is 11.6 Å². The van der Waals surface area contributed by atoms with Crippen LogP contribution in [0.25, 0.3) is 0 Å². The number of hydrogen-bond donors (Lipinski definition) is 1. The number of likely N-dealkylation sites (tertiary alicyclic amines) is 1. The number of amides is 1. The number of rotatable bonds is 6. The lowest BCUT2D eigenvalue weighted by Crippen LogP contribution is -2.46. The number of nitrogens with zero attached hydrogens (tertiary/aromatic N) is 1. The highest BCUT2D eigenvalue weighted by Gasteiger charge is 2.27. The first-order chi connectivity index (χ1) is 13.4. The van der Waals surface area contributed by atoms with E-state index in [-0.39, 0.29) is 16.8 Å². The zero-order valence-electron chi connectivity index (χ0n) is 15.6. The minimum absolute atomic E-state index is 0.0653. The second-order valence-electron chi connectivity index (χ2n) is 6.60. The largest absolute Gasteiger partial charge is 0.494 e. The maximum atomic E-state index is 12.6. The summed E-state index contributed by atoms with van der Waals surface area (Å²) in [4.78, 5) is 14.5. The van der Waals surface area contributed by atoms with E-state index in [0.29, 0.717) is 48.9 Å². The van der Waals surface area contributed by atoms with Gasteiger partial charge in [0.1, 0.15) is 5.75 Å². The fraction of sp³-hybridized carbons (Fsp3) is 0.350. The molecule has 0 aromatic heterocycles. The van der Waals surface area contributed by atoms with E-state index in [2.05, 4.69) is 4.72 Å². The van der Waals surface area contributed by atoms with Crippen molar-refractivity contribution in [2.24, 2.45) is 0 Å². The first kappa shape index (κ1) is 20.6. The van der Waals surface area contributed by atoms with Gasteiger partial charge in [0.2, 0.25) is 10.0 Å². The van der Waals surface area contributed by atoms with E-state index in [4.69, 9.17) is 16.3 Å². The molecule has 2 aromatic rings. The molecule has 2 aromatic carbocycles. The average molecular weight is 423 g/mol. The van der Waals surface area contributed by atoms with Crippen molar-refractivity contribution in [2.75, 3.05) is 19.7 Å². The first-order valence-corrected chi connectivity index (χ1v) is 11.0. The fourth-order valence-electron chi connectivity index (χ4n) is 3.14. The van der Waals surface area contributed by atoms with Crippen LogP contribution in [0.15, 0.2) is 53.4 Å². The van der Waals surface area contributed by atoms with Crippen LogP contribution < -0.4 is 9.46 Å². The van der Waals surface area contributed by atoms with Crippen molar-refractivity contribution in [2.45, 2.75) is 30.7 Å². The van der Waals surface area contributed by atoms with E-state index in [1.54, 1.807) is 41.3 Å². The highest BCUT2D eigenvalue weighted by Crippen LogP contribution is 2.20. The predicted octanol–water partition coefficient (Wildman–Crippen LogP) is 3.32. The lowest BCUT2D eigenvalue weighted by molar-refractivity contribution is 0.0711. The van der Waals surface area contributed by atoms with Gasteiger partial charge in [-0.2, -0.15) is 0 Å². The molecule has 0 aliphatic carbocycles. The number of sulfonamides is 1. The summed E-state index contributed by atoms with van der Waals surface area (Å²) in [7, 11) is -3.61. The Morgan fingerprint density at radius 2 is 1.71 bits per heavy atom. The summed E-state index contributed by atoms with van der Waals surface area (Å²) >= 11 is 5.86. The highest BCUT2D eigenvalue weighted by atomic mass is 35.5. The number of nitrogens with one attached hydrogen (secondary N) is 1. The zero-order valence-corrected chi connectivity index (χ0v) is 17.2. The summed E-state index contributed by atoms with van der Waals surface area (Å²) in [6, 6.07) is 12.9. The molecule has 0 spiro atoms. The van der Waals surface area contributed by atoms with E-state index < -0.39 is 10.0 Å². The molecule has 0 radical (unpaired) electrons. The third-order valence-corrected chi connectivity index (χ3v) is 6.43. The molecular formula is C20H23ClN2O4S. The van der Waals surface area contributed by atoms with E-state index in [9.17, 15) is 13.2 Å². The van der Waals surface area contributed by atoms with Crippen LogP contribution in [-0.4, -0.2) is 45.0 Å². The standard InChI is InChI=1S/C20H23ClN2O4S/c1-2-27-18-7-9-19(10-8-18)28(25,26)22-17-11-13-23(14-12-17)20(24)15-3-5-16(21)6-4-15/h3-10,17,22H,2,11-14H2,1H3. The van der Waals surface area contributed by atoms with Gasteiger partial charge in [-0.25, -0.2) is 13.1 Å². The summed E-state index contributed by atoms with van der Waals surface area (Å²) in [5.41, 5.74) is 0.581. The van der Waals surface area contributed by atoms with Gasteiger partial charge in [0.15, 0.2) is 0 Å². The van der Waals surface area contributed by atoms with Gasteiger partial charge < -0.3 is 9.64 Å². The molecule has 1 saturated heterocycles. The summed E-state index contributed by atoms with van der Waals surface area (Å²) in [6.45, 7) is 3.39. The molecule has 28 heavy (non-hydrogen) atoms. The molecule has 0 atom stereocenters. The van der Waals surface area contributed by atoms with Gasteiger partial charge in [-0.3, -0.25) is 4.79 Å². The molecule has 150 valence electrons. The minimum atomic E-state index is -3.61. The molecule has 0 bridgehead atoms. The second kappa shape index (κ2) is 8.94. The van der Waals surface area contributed by atoms with Gasteiger partial charge in [-0.15, -0.1) is 0 Å². The SMILES string of the molecule is CCOc1ccc(S(=O)(=O)NC2CCN(C(=O)c3ccc(Cl)cc3)CC2)cc1. The van der Waals surface area contributed by atoms with E-state index in [0.717, 1.165) is 0 Å². The molecule has 1 N–H and O–H groups in total. The Hall–Kier alpha value is -2.09. The van der Waals surface area contributed by atoms with Gasteiger partial charge in [0.25, 0.3) is 5.91 Å². The molecular weight excluding hydrogens is 400 g/mol. The van der Waals surface area contributed by atoms with Crippen molar-refractivity contribution in [3.05, 3.63) is 59.1 Å². The predicted molar refractivity (Wildman–Crippen MR) is 108 cm³/mol. The van der Waals surface area contributed by atoms with Gasteiger partial charge in [0.05, 0.1) is 11.5 Å². The molecule has 1 aliphatic rings. The number of piperidine rings is 1. The quantitative estimate of drug-likeness (QED) is 0.774. The Bertz CT molecular complexity index is 906. The molecule has 3 rings (SSSR count). The van der Waals surface area contributed by atoms with E-state index in [1.165, 1.54) is 12.1 Å². The number of carbonyl (C=O) groups excluding carboxylic acids is 1. The third kappa shape index (κ3) is 5.04. The van der Waals surface area contributed by atoms with Crippen molar-refractivity contribution in [1.82, 2.24) is 9.62 Å². The summed E-state index contributed by atoms with van der Waals surface area (Å²) in [5, 5.41) is 0.582. The molecule has 1 fully saturated rings. The lowest BCUT2D eigenvalue weighted by atomic mass is 10.0. The zero-order chi connectivity index (χ0) is 20.1. The molecule has 0 unspecified atom stereocenters. The van der Waals surface area contributed by atoms with Crippen LogP contribution in [0.2, 0.25) is 5.02 Å². The number of ether oxygens (including phenoxy) is 1. The van der Waals surface area contributed by atoms with Crippen LogP contribution in [0.3, 0.4) is 0 Å². The Balaban J connectivity index is 1.57. The first-order valence-electron chi connectivity index (χ1n) is 9.19. The second-order valence-corrected chi connectivity index (χ2v) is 8.75. The Morgan fingerprint density at radius 3 is 2.29 bits per heavy atom. The van der Waals surface area contributed by atoms with Gasteiger partial charge in [-0.05, 0) is 68.3 Å². The van der Waals surface area contributed by atoms with Crippen LogP contribution in [-0.2, 0) is 10.0 Å². The molecule has 1 heterocycles. The van der Waals surface area contributed by atoms with E-state index in [1.807, 2.05) is 6.92 Å². The lowest BCUT2D eigenvalue weighted by Gasteiger charge is -2.32. The van der Waals surface area contributed by atoms with Crippen molar-refractivity contribution in [1.29, 1.82) is 0 Å². The van der Waals surface area contributed by atoms with Crippen LogP contribution in [0.4, 0.5) is 0 Å². The van der Waals surface area contributed by atoms with Crippen molar-refractivity contribution in [3.8, 4) is 5.75 Å². The van der Waals surface area contributed by atoms with Crippen LogP contribution in [0, 0.1) is 0 Å². The Labute approximate surface area is 170 Å². The monoisotopic (exact) mass is 422 g/mol. The molecule has 1 amide bonds. The normalized spacial score (nSPS) is 15.4. The molecule has 0 saturated carbocycles. The molecule has 6 nitrogen and oxygen atoms in total. The van der Waals surface area contributed by atoms with E-state index >= 15 is 0 Å². The van der Waals surface area contributed by atoms with Crippen LogP contribution in [0.5, 0.6) is 5.75 Å². The topological polar surface area (TPSA) is 75.7 Å². The van der Waals surface area contributed by atoms with Crippen molar-refractivity contribution < 1.29 is 17.9 Å². The van der Waals surface area contributed by atoms with Gasteiger partial charge >= 0.3 is 0 Å². The van der Waals surface area contributed by atoms with Crippen LogP contribution in [0.1, 0.15) is 30.1 Å². The summed E-state index contributed by atoms with van der Waals surface area (Å²) in [6.07, 6.45) is 1.13. The van der Waals surface area contributed by atoms with Gasteiger partial charge in [0, 0.05) is 29.7 Å². The highest BCUT2D eigenvalue weighted by molar-refractivity contribution is 7.89.